The van der Waals surface area contributed by atoms with Gasteiger partial charge in [0.2, 0.25) is 5.88 Å². The number of piperidine rings is 1. The van der Waals surface area contributed by atoms with E-state index < -0.39 is 0 Å². The number of likely N-dealkylation sites (tertiary alicyclic amines) is 1. The highest BCUT2D eigenvalue weighted by Crippen LogP contribution is 2.59. The summed E-state index contributed by atoms with van der Waals surface area (Å²) < 4.78 is 15.5. The zero-order valence-electron chi connectivity index (χ0n) is 23.1. The molecule has 1 saturated carbocycles. The number of fused-ring (bicyclic) bond motifs is 3. The fourth-order valence-electron chi connectivity index (χ4n) is 6.44. The van der Waals surface area contributed by atoms with Gasteiger partial charge in [0.15, 0.2) is 0 Å². The molecule has 0 spiro atoms. The normalized spacial score (nSPS) is 23.0. The maximum Gasteiger partial charge on any atom is 0.373 e. The van der Waals surface area contributed by atoms with Crippen molar-refractivity contribution in [3.63, 3.8) is 0 Å². The molecule has 3 atom stereocenters. The minimum Gasteiger partial charge on any atom is -0.470 e. The average Bonchev–Trinajstić information content (AvgIpc) is 3.41. The van der Waals surface area contributed by atoms with Crippen LogP contribution in [0.25, 0.3) is 21.3 Å². The summed E-state index contributed by atoms with van der Waals surface area (Å²) in [6.45, 7) is 5.24. The smallest absolute Gasteiger partial charge is 0.373 e. The number of ether oxygens (including phenoxy) is 2. The summed E-state index contributed by atoms with van der Waals surface area (Å²) in [7, 11) is 0. The number of carbonyl (C=O) groups excluding carboxylic acids is 2. The van der Waals surface area contributed by atoms with Gasteiger partial charge >= 0.3 is 6.15 Å². The van der Waals surface area contributed by atoms with Gasteiger partial charge < -0.3 is 14.0 Å². The number of rotatable bonds is 8. The highest BCUT2D eigenvalue weighted by atomic mass is 32.1. The molecule has 10 heteroatoms. The Morgan fingerprint density at radius 2 is 1.81 bits per heavy atom. The van der Waals surface area contributed by atoms with E-state index in [1.54, 1.807) is 11.3 Å². The standard InChI is InChI=1S/C31H31N5O2S.CO2/c1-3-8-25-23(6-1)32-28(36(25)18-22-12-15-37-22)19-35-14-13-31(16-21(31)17-35)27-10-5-11-29(34-27)38-20-30-33-24-7-2-4-9-26(24)39-30;2-1-3/h1-11,21-22H,12-20H2;/t21-,22-,31+;/m0./s1. The van der Waals surface area contributed by atoms with Crippen molar-refractivity contribution in [3.8, 4) is 5.88 Å². The second kappa shape index (κ2) is 11.4. The lowest BCUT2D eigenvalue weighted by Crippen LogP contribution is -2.37. The van der Waals surface area contributed by atoms with E-state index in [4.69, 9.17) is 34.0 Å². The molecule has 1 aliphatic carbocycles. The Morgan fingerprint density at radius 3 is 2.60 bits per heavy atom. The van der Waals surface area contributed by atoms with E-state index in [2.05, 4.69) is 51.9 Å². The second-order valence-corrected chi connectivity index (χ2v) is 12.4. The molecule has 214 valence electrons. The third-order valence-electron chi connectivity index (χ3n) is 8.78. The van der Waals surface area contributed by atoms with Crippen LogP contribution in [0, 0.1) is 5.92 Å². The van der Waals surface area contributed by atoms with Crippen LogP contribution in [-0.2, 0) is 39.4 Å². The van der Waals surface area contributed by atoms with E-state index >= 15 is 0 Å². The number of hydrogen-bond donors (Lipinski definition) is 0. The van der Waals surface area contributed by atoms with Gasteiger partial charge in [-0.3, -0.25) is 4.90 Å². The van der Waals surface area contributed by atoms with Gasteiger partial charge in [-0.1, -0.05) is 30.3 Å². The molecule has 42 heavy (non-hydrogen) atoms. The van der Waals surface area contributed by atoms with E-state index in [1.807, 2.05) is 24.3 Å². The lowest BCUT2D eigenvalue weighted by Gasteiger charge is -2.32. The molecule has 5 aromatic rings. The van der Waals surface area contributed by atoms with Crippen LogP contribution in [0.2, 0.25) is 0 Å². The van der Waals surface area contributed by atoms with E-state index in [0.717, 1.165) is 67.5 Å². The molecule has 3 fully saturated rings. The lowest BCUT2D eigenvalue weighted by molar-refractivity contribution is -0.191. The van der Waals surface area contributed by atoms with Gasteiger partial charge in [-0.2, -0.15) is 9.59 Å². The first-order valence-electron chi connectivity index (χ1n) is 14.4. The van der Waals surface area contributed by atoms with E-state index in [0.29, 0.717) is 24.5 Å². The van der Waals surface area contributed by atoms with Crippen molar-refractivity contribution in [2.45, 2.75) is 50.5 Å². The summed E-state index contributed by atoms with van der Waals surface area (Å²) >= 11 is 1.68. The molecular weight excluding hydrogens is 550 g/mol. The Balaban J connectivity index is 0.000000923. The Hall–Kier alpha value is -3.95. The van der Waals surface area contributed by atoms with Crippen LogP contribution in [0.3, 0.4) is 0 Å². The molecule has 3 aliphatic rings. The Labute approximate surface area is 247 Å². The van der Waals surface area contributed by atoms with Crippen molar-refractivity contribution in [2.75, 3.05) is 19.7 Å². The zero-order chi connectivity index (χ0) is 28.5. The summed E-state index contributed by atoms with van der Waals surface area (Å²) in [6.07, 6.45) is 4.02. The van der Waals surface area contributed by atoms with Crippen LogP contribution in [0.4, 0.5) is 0 Å². The predicted molar refractivity (Wildman–Crippen MR) is 157 cm³/mol. The molecule has 0 unspecified atom stereocenters. The lowest BCUT2D eigenvalue weighted by atomic mass is 9.91. The molecule has 3 aromatic heterocycles. The first-order chi connectivity index (χ1) is 20.6. The van der Waals surface area contributed by atoms with Gasteiger partial charge in [0.1, 0.15) is 17.4 Å². The van der Waals surface area contributed by atoms with Crippen LogP contribution < -0.4 is 4.74 Å². The highest BCUT2D eigenvalue weighted by Gasteiger charge is 2.58. The van der Waals surface area contributed by atoms with Gasteiger partial charge in [-0.15, -0.1) is 11.3 Å². The second-order valence-electron chi connectivity index (χ2n) is 11.3. The molecule has 2 aromatic carbocycles. The summed E-state index contributed by atoms with van der Waals surface area (Å²) in [5.74, 6) is 2.48. The third-order valence-corrected chi connectivity index (χ3v) is 9.79. The van der Waals surface area contributed by atoms with Crippen molar-refractivity contribution in [3.05, 3.63) is 83.3 Å². The third kappa shape index (κ3) is 5.23. The predicted octanol–water partition coefficient (Wildman–Crippen LogP) is 4.99. The van der Waals surface area contributed by atoms with Crippen molar-refractivity contribution in [1.82, 2.24) is 24.4 Å². The molecule has 2 aliphatic heterocycles. The number of hydrogen-bond acceptors (Lipinski definition) is 9. The minimum atomic E-state index is 0.186. The number of aromatic nitrogens is 4. The summed E-state index contributed by atoms with van der Waals surface area (Å²) in [5.41, 5.74) is 4.69. The number of benzene rings is 2. The summed E-state index contributed by atoms with van der Waals surface area (Å²) in [6, 6.07) is 23.0. The Kier molecular flexibility index (Phi) is 7.29. The monoisotopic (exact) mass is 581 g/mol. The van der Waals surface area contributed by atoms with Gasteiger partial charge in [-0.25, -0.2) is 15.0 Å². The van der Waals surface area contributed by atoms with Crippen LogP contribution >= 0.6 is 11.3 Å². The highest BCUT2D eigenvalue weighted by molar-refractivity contribution is 7.18. The summed E-state index contributed by atoms with van der Waals surface area (Å²) in [5, 5.41) is 0.981. The number of pyridine rings is 1. The quantitative estimate of drug-likeness (QED) is 0.253. The zero-order valence-corrected chi connectivity index (χ0v) is 24.0. The van der Waals surface area contributed by atoms with Crippen LogP contribution in [-0.4, -0.2) is 56.4 Å². The minimum absolute atomic E-state index is 0.186. The number of nitrogens with zero attached hydrogens (tertiary/aromatic N) is 5. The SMILES string of the molecule is O=C=O.c1cc(OCc2nc3ccccc3s2)nc([C@@]23CCN(Cc4nc5ccccc5n4C[C@@H]4CCO4)C[C@@H]2C3)c1. The largest absolute Gasteiger partial charge is 0.470 e. The number of imidazole rings is 1. The maximum atomic E-state index is 8.12. The topological polar surface area (TPSA) is 99.4 Å². The number of para-hydroxylation sites is 3. The van der Waals surface area contributed by atoms with Crippen LogP contribution in [0.5, 0.6) is 5.88 Å². The van der Waals surface area contributed by atoms with E-state index in [1.165, 1.54) is 22.3 Å². The average molecular weight is 582 g/mol. The van der Waals surface area contributed by atoms with Crippen molar-refractivity contribution >= 4 is 38.7 Å². The van der Waals surface area contributed by atoms with Crippen LogP contribution in [0.1, 0.15) is 35.8 Å². The molecule has 5 heterocycles. The number of thiazole rings is 1. The first kappa shape index (κ1) is 26.9. The fraction of sp³-hybridized carbons (Fsp3) is 0.375. The van der Waals surface area contributed by atoms with Crippen molar-refractivity contribution in [2.24, 2.45) is 5.92 Å². The van der Waals surface area contributed by atoms with E-state index in [-0.39, 0.29) is 11.6 Å². The van der Waals surface area contributed by atoms with Crippen molar-refractivity contribution < 1.29 is 19.1 Å². The molecule has 0 bridgehead atoms. The molecule has 0 N–H and O–H groups in total. The van der Waals surface area contributed by atoms with Crippen molar-refractivity contribution in [1.29, 1.82) is 0 Å². The molecule has 2 saturated heterocycles. The van der Waals surface area contributed by atoms with Gasteiger partial charge in [0.05, 0.1) is 46.1 Å². The Morgan fingerprint density at radius 1 is 1.00 bits per heavy atom. The maximum absolute atomic E-state index is 8.12. The van der Waals surface area contributed by atoms with Gasteiger partial charge in [0, 0.05) is 24.6 Å². The first-order valence-corrected chi connectivity index (χ1v) is 15.2. The molecule has 8 rings (SSSR count). The molecule has 9 nitrogen and oxygen atoms in total. The molecule has 0 amide bonds. The molecule has 0 radical (unpaired) electrons. The van der Waals surface area contributed by atoms with Gasteiger partial charge in [0.25, 0.3) is 0 Å². The van der Waals surface area contributed by atoms with E-state index in [9.17, 15) is 0 Å². The fourth-order valence-corrected chi connectivity index (χ4v) is 7.32. The molecular formula is C32H31N5O4S. The van der Waals surface area contributed by atoms with Gasteiger partial charge in [-0.05, 0) is 62.1 Å². The Bertz CT molecular complexity index is 1730. The summed E-state index contributed by atoms with van der Waals surface area (Å²) in [4.78, 5) is 33.6. The van der Waals surface area contributed by atoms with Crippen LogP contribution in [0.15, 0.2) is 66.7 Å².